The van der Waals surface area contributed by atoms with Gasteiger partial charge in [0.2, 0.25) is 15.9 Å². The molecule has 2 N–H and O–H groups in total. The zero-order valence-electron chi connectivity index (χ0n) is 15.5. The summed E-state index contributed by atoms with van der Waals surface area (Å²) in [4.78, 5) is 16.5. The second kappa shape index (κ2) is 8.44. The molecule has 3 aromatic rings. The van der Waals surface area contributed by atoms with E-state index in [9.17, 15) is 26.4 Å². The van der Waals surface area contributed by atoms with Gasteiger partial charge in [-0.2, -0.15) is 13.2 Å². The third-order valence-corrected chi connectivity index (χ3v) is 5.24. The van der Waals surface area contributed by atoms with E-state index in [-0.39, 0.29) is 6.42 Å². The Balaban J connectivity index is 1.61. The van der Waals surface area contributed by atoms with E-state index in [0.717, 1.165) is 24.0 Å². The fourth-order valence-corrected chi connectivity index (χ4v) is 3.85. The SMILES string of the molecule is CS(=O)(=O)Nc1ccc(-c2csc(NC(=O)Cc3ccc(C(F)(F)F)cc3)n2)cc1. The van der Waals surface area contributed by atoms with Gasteiger partial charge in [0.15, 0.2) is 5.13 Å². The summed E-state index contributed by atoms with van der Waals surface area (Å²) < 4.78 is 62.6. The zero-order valence-corrected chi connectivity index (χ0v) is 17.2. The molecule has 158 valence electrons. The van der Waals surface area contributed by atoms with Crippen molar-refractivity contribution in [1.82, 2.24) is 4.98 Å². The maximum absolute atomic E-state index is 12.6. The van der Waals surface area contributed by atoms with Crippen molar-refractivity contribution in [2.45, 2.75) is 12.6 Å². The molecule has 6 nitrogen and oxygen atoms in total. The van der Waals surface area contributed by atoms with E-state index in [2.05, 4.69) is 15.0 Å². The molecule has 2 aromatic carbocycles. The number of nitrogens with zero attached hydrogens (tertiary/aromatic N) is 1. The monoisotopic (exact) mass is 455 g/mol. The van der Waals surface area contributed by atoms with Gasteiger partial charge in [-0.15, -0.1) is 11.3 Å². The first-order valence-electron chi connectivity index (χ1n) is 8.49. The largest absolute Gasteiger partial charge is 0.416 e. The molecule has 0 aliphatic rings. The Morgan fingerprint density at radius 3 is 2.27 bits per heavy atom. The second-order valence-corrected chi connectivity index (χ2v) is 9.02. The quantitative estimate of drug-likeness (QED) is 0.577. The van der Waals surface area contributed by atoms with Crippen molar-refractivity contribution in [1.29, 1.82) is 0 Å². The van der Waals surface area contributed by atoms with Crippen molar-refractivity contribution in [2.75, 3.05) is 16.3 Å². The highest BCUT2D eigenvalue weighted by Crippen LogP contribution is 2.29. The van der Waals surface area contributed by atoms with Gasteiger partial charge >= 0.3 is 6.18 Å². The molecule has 0 saturated carbocycles. The van der Waals surface area contributed by atoms with Crippen LogP contribution >= 0.6 is 11.3 Å². The number of benzene rings is 2. The molecule has 30 heavy (non-hydrogen) atoms. The summed E-state index contributed by atoms with van der Waals surface area (Å²) in [5.74, 6) is -0.400. The van der Waals surface area contributed by atoms with Crippen molar-refractivity contribution < 1.29 is 26.4 Å². The van der Waals surface area contributed by atoms with Gasteiger partial charge < -0.3 is 5.32 Å². The number of thiazole rings is 1. The summed E-state index contributed by atoms with van der Waals surface area (Å²) in [5, 5.41) is 4.70. The number of hydrogen-bond acceptors (Lipinski definition) is 5. The number of carbonyl (C=O) groups is 1. The van der Waals surface area contributed by atoms with E-state index < -0.39 is 27.7 Å². The third-order valence-electron chi connectivity index (χ3n) is 3.88. The normalized spacial score (nSPS) is 11.9. The van der Waals surface area contributed by atoms with Crippen LogP contribution in [0.15, 0.2) is 53.9 Å². The molecular formula is C19H16F3N3O3S2. The maximum atomic E-state index is 12.6. The van der Waals surface area contributed by atoms with Crippen LogP contribution in [-0.2, 0) is 27.4 Å². The number of nitrogens with one attached hydrogen (secondary N) is 2. The standard InChI is InChI=1S/C19H16F3N3O3S2/c1-30(27,28)25-15-8-4-13(5-9-15)16-11-29-18(23-16)24-17(26)10-12-2-6-14(7-3-12)19(20,21)22/h2-9,11,25H,10H2,1H3,(H,23,24,26). The van der Waals surface area contributed by atoms with Crippen molar-refractivity contribution in [2.24, 2.45) is 0 Å². The number of carbonyl (C=O) groups excluding carboxylic acids is 1. The van der Waals surface area contributed by atoms with E-state index in [1.165, 1.54) is 23.5 Å². The average Bonchev–Trinajstić information content (AvgIpc) is 3.09. The number of hydrogen-bond donors (Lipinski definition) is 2. The van der Waals surface area contributed by atoms with Gasteiger partial charge in [0.05, 0.1) is 23.9 Å². The Hall–Kier alpha value is -2.92. The van der Waals surface area contributed by atoms with Crippen LogP contribution in [0.2, 0.25) is 0 Å². The molecular weight excluding hydrogens is 439 g/mol. The van der Waals surface area contributed by atoms with Gasteiger partial charge in [0.25, 0.3) is 0 Å². The van der Waals surface area contributed by atoms with E-state index in [1.54, 1.807) is 29.6 Å². The lowest BCUT2D eigenvalue weighted by molar-refractivity contribution is -0.137. The number of alkyl halides is 3. The number of anilines is 2. The van der Waals surface area contributed by atoms with Gasteiger partial charge in [-0.05, 0) is 29.8 Å². The summed E-state index contributed by atoms with van der Waals surface area (Å²) in [6.07, 6.45) is -3.45. The maximum Gasteiger partial charge on any atom is 0.416 e. The van der Waals surface area contributed by atoms with E-state index >= 15 is 0 Å². The number of aromatic nitrogens is 1. The molecule has 1 amide bonds. The fourth-order valence-electron chi connectivity index (χ4n) is 2.55. The van der Waals surface area contributed by atoms with Crippen LogP contribution in [0.3, 0.4) is 0 Å². The molecule has 1 heterocycles. The first-order chi connectivity index (χ1) is 14.0. The summed E-state index contributed by atoms with van der Waals surface area (Å²) in [5.41, 5.74) is 1.42. The summed E-state index contributed by atoms with van der Waals surface area (Å²) >= 11 is 1.20. The van der Waals surface area contributed by atoms with Gasteiger partial charge in [-0.25, -0.2) is 13.4 Å². The summed E-state index contributed by atoms with van der Waals surface area (Å²) in [7, 11) is -3.37. The van der Waals surface area contributed by atoms with E-state index in [1.807, 2.05) is 0 Å². The minimum atomic E-state index is -4.42. The highest BCUT2D eigenvalue weighted by Gasteiger charge is 2.30. The minimum absolute atomic E-state index is 0.0844. The van der Waals surface area contributed by atoms with E-state index in [4.69, 9.17) is 0 Å². The Kier molecular flexibility index (Phi) is 6.13. The van der Waals surface area contributed by atoms with Crippen LogP contribution in [0.5, 0.6) is 0 Å². The molecule has 3 rings (SSSR count). The predicted octanol–water partition coefficient (Wildman–Crippen LogP) is 4.38. The van der Waals surface area contributed by atoms with Gasteiger partial charge in [-0.1, -0.05) is 24.3 Å². The van der Waals surface area contributed by atoms with Crippen LogP contribution in [-0.4, -0.2) is 25.6 Å². The predicted molar refractivity (Wildman–Crippen MR) is 110 cm³/mol. The Labute approximate surface area is 174 Å². The van der Waals surface area contributed by atoms with Crippen molar-refractivity contribution in [3.8, 4) is 11.3 Å². The lowest BCUT2D eigenvalue weighted by atomic mass is 10.1. The molecule has 0 aliphatic carbocycles. The van der Waals surface area contributed by atoms with Gasteiger partial charge in [-0.3, -0.25) is 9.52 Å². The second-order valence-electron chi connectivity index (χ2n) is 6.41. The van der Waals surface area contributed by atoms with Gasteiger partial charge in [0, 0.05) is 16.6 Å². The number of sulfonamides is 1. The van der Waals surface area contributed by atoms with Crippen LogP contribution in [0.1, 0.15) is 11.1 Å². The highest BCUT2D eigenvalue weighted by molar-refractivity contribution is 7.92. The minimum Gasteiger partial charge on any atom is -0.302 e. The average molecular weight is 455 g/mol. The fraction of sp³-hybridized carbons (Fsp3) is 0.158. The molecule has 0 atom stereocenters. The van der Waals surface area contributed by atoms with Crippen molar-refractivity contribution in [3.63, 3.8) is 0 Å². The molecule has 0 fully saturated rings. The topological polar surface area (TPSA) is 88.2 Å². The molecule has 11 heteroatoms. The molecule has 0 spiro atoms. The van der Waals surface area contributed by atoms with E-state index in [0.29, 0.717) is 22.1 Å². The van der Waals surface area contributed by atoms with Crippen LogP contribution in [0.25, 0.3) is 11.3 Å². The smallest absolute Gasteiger partial charge is 0.302 e. The Morgan fingerprint density at radius 2 is 1.70 bits per heavy atom. The first kappa shape index (κ1) is 21.8. The van der Waals surface area contributed by atoms with Crippen LogP contribution in [0, 0.1) is 0 Å². The van der Waals surface area contributed by atoms with Gasteiger partial charge in [0.1, 0.15) is 0 Å². The van der Waals surface area contributed by atoms with Crippen molar-refractivity contribution >= 4 is 38.1 Å². The molecule has 1 aromatic heterocycles. The number of amides is 1. The Bertz CT molecular complexity index is 1140. The number of rotatable bonds is 6. The summed E-state index contributed by atoms with van der Waals surface area (Å²) in [6, 6.07) is 11.0. The molecule has 0 aliphatic heterocycles. The lowest BCUT2D eigenvalue weighted by Crippen LogP contribution is -2.14. The first-order valence-corrected chi connectivity index (χ1v) is 11.3. The number of halogens is 3. The Morgan fingerprint density at radius 1 is 1.07 bits per heavy atom. The molecule has 0 bridgehead atoms. The van der Waals surface area contributed by atoms with Crippen LogP contribution < -0.4 is 10.0 Å². The zero-order chi connectivity index (χ0) is 21.9. The third kappa shape index (κ3) is 6.04. The molecule has 0 unspecified atom stereocenters. The van der Waals surface area contributed by atoms with Crippen molar-refractivity contribution in [3.05, 3.63) is 65.0 Å². The lowest BCUT2D eigenvalue weighted by Gasteiger charge is -2.07. The van der Waals surface area contributed by atoms with Crippen LogP contribution in [0.4, 0.5) is 24.0 Å². The summed E-state index contributed by atoms with van der Waals surface area (Å²) in [6.45, 7) is 0. The molecule has 0 saturated heterocycles. The molecule has 0 radical (unpaired) electrons. The highest BCUT2D eigenvalue weighted by atomic mass is 32.2.